The summed E-state index contributed by atoms with van der Waals surface area (Å²) in [6.45, 7) is -0.515. The van der Waals surface area contributed by atoms with Crippen molar-refractivity contribution in [3.05, 3.63) is 70.2 Å². The van der Waals surface area contributed by atoms with Crippen LogP contribution in [0, 0.1) is 0 Å². The highest BCUT2D eigenvalue weighted by Gasteiger charge is 2.38. The molecule has 2 aromatic rings. The Balaban J connectivity index is 1.60. The number of imide groups is 1. The Hall–Kier alpha value is -3.19. The van der Waals surface area contributed by atoms with E-state index in [2.05, 4.69) is 5.32 Å². The molecule has 0 saturated carbocycles. The smallest absolute Gasteiger partial charge is 0.341 e. The summed E-state index contributed by atoms with van der Waals surface area (Å²) in [6.07, 6.45) is 0. The Morgan fingerprint density at radius 3 is 2.24 bits per heavy atom. The van der Waals surface area contributed by atoms with Crippen molar-refractivity contribution in [3.63, 3.8) is 0 Å². The minimum Gasteiger partial charge on any atom is -0.341 e. The Morgan fingerprint density at radius 1 is 1.00 bits per heavy atom. The summed E-state index contributed by atoms with van der Waals surface area (Å²) in [4.78, 5) is 52.7. The van der Waals surface area contributed by atoms with Crippen LogP contribution in [0.4, 0.5) is 0 Å². The molecule has 1 heterocycles. The molecule has 0 fully saturated rings. The average Bonchev–Trinajstić information content (AvgIpc) is 2.85. The van der Waals surface area contributed by atoms with E-state index in [1.54, 1.807) is 24.3 Å². The predicted octanol–water partition coefficient (Wildman–Crippen LogP) is 1.82. The van der Waals surface area contributed by atoms with E-state index in [4.69, 9.17) is 16.4 Å². The van der Waals surface area contributed by atoms with Gasteiger partial charge >= 0.3 is 5.97 Å². The number of rotatable bonds is 4. The molecule has 1 aliphatic heterocycles. The van der Waals surface area contributed by atoms with Crippen molar-refractivity contribution in [2.75, 3.05) is 6.54 Å². The molecule has 3 rings (SSSR count). The van der Waals surface area contributed by atoms with Gasteiger partial charge in [0.05, 0.1) is 11.1 Å². The SMILES string of the molecule is O=C(CNC(=O)c1cccc(Cl)c1)ON1C(=O)c2ccccc2C1=O. The number of carbonyl (C=O) groups is 4. The summed E-state index contributed by atoms with van der Waals surface area (Å²) in [5.74, 6) is -2.95. The van der Waals surface area contributed by atoms with Gasteiger partial charge < -0.3 is 10.2 Å². The second-order valence-corrected chi connectivity index (χ2v) is 5.54. The molecule has 0 radical (unpaired) electrons. The number of hydrogen-bond acceptors (Lipinski definition) is 5. The van der Waals surface area contributed by atoms with E-state index in [1.807, 2.05) is 0 Å². The first-order chi connectivity index (χ1) is 12.0. The third kappa shape index (κ3) is 3.36. The lowest BCUT2D eigenvalue weighted by Gasteiger charge is -2.13. The molecule has 0 saturated heterocycles. The molecule has 8 heteroatoms. The fourth-order valence-corrected chi connectivity index (χ4v) is 2.46. The number of hydroxylamine groups is 2. The molecule has 126 valence electrons. The van der Waals surface area contributed by atoms with E-state index < -0.39 is 30.2 Å². The van der Waals surface area contributed by atoms with Crippen molar-refractivity contribution >= 4 is 35.3 Å². The number of carbonyl (C=O) groups excluding carboxylic acids is 4. The van der Waals surface area contributed by atoms with E-state index in [9.17, 15) is 19.2 Å². The summed E-state index contributed by atoms with van der Waals surface area (Å²) < 4.78 is 0. The monoisotopic (exact) mass is 358 g/mol. The number of nitrogens with zero attached hydrogens (tertiary/aromatic N) is 1. The van der Waals surface area contributed by atoms with Crippen molar-refractivity contribution in [3.8, 4) is 0 Å². The molecule has 0 atom stereocenters. The number of nitrogens with one attached hydrogen (secondary N) is 1. The number of benzene rings is 2. The molecule has 0 bridgehead atoms. The lowest BCUT2D eigenvalue weighted by molar-refractivity contribution is -0.167. The highest BCUT2D eigenvalue weighted by molar-refractivity contribution is 6.31. The first-order valence-electron chi connectivity index (χ1n) is 7.20. The van der Waals surface area contributed by atoms with Crippen molar-refractivity contribution in [1.29, 1.82) is 0 Å². The second-order valence-electron chi connectivity index (χ2n) is 5.11. The minimum absolute atomic E-state index is 0.156. The van der Waals surface area contributed by atoms with Gasteiger partial charge in [0.1, 0.15) is 6.54 Å². The summed E-state index contributed by atoms with van der Waals surface area (Å²) in [5.41, 5.74) is 0.576. The van der Waals surface area contributed by atoms with Crippen LogP contribution in [0.2, 0.25) is 5.02 Å². The minimum atomic E-state index is -0.954. The van der Waals surface area contributed by atoms with Crippen molar-refractivity contribution in [2.24, 2.45) is 0 Å². The normalized spacial score (nSPS) is 12.8. The van der Waals surface area contributed by atoms with Gasteiger partial charge in [-0.05, 0) is 30.3 Å². The van der Waals surface area contributed by atoms with Gasteiger partial charge in [-0.25, -0.2) is 4.79 Å². The van der Waals surface area contributed by atoms with Crippen LogP contribution < -0.4 is 5.32 Å². The molecular weight excluding hydrogens is 348 g/mol. The van der Waals surface area contributed by atoms with Crippen LogP contribution in [-0.2, 0) is 9.63 Å². The van der Waals surface area contributed by atoms with Crippen LogP contribution in [0.1, 0.15) is 31.1 Å². The lowest BCUT2D eigenvalue weighted by atomic mass is 10.1. The number of fused-ring (bicyclic) bond motifs is 1. The van der Waals surface area contributed by atoms with Gasteiger partial charge in [-0.1, -0.05) is 34.9 Å². The largest absolute Gasteiger partial charge is 0.352 e. The Bertz CT molecular complexity index is 861. The zero-order valence-corrected chi connectivity index (χ0v) is 13.4. The first-order valence-corrected chi connectivity index (χ1v) is 7.57. The fourth-order valence-electron chi connectivity index (χ4n) is 2.27. The Labute approximate surface area is 147 Å². The molecule has 0 unspecified atom stereocenters. The summed E-state index contributed by atoms with van der Waals surface area (Å²) in [5, 5.41) is 3.09. The Kier molecular flexibility index (Phi) is 4.49. The van der Waals surface area contributed by atoms with Crippen LogP contribution in [0.15, 0.2) is 48.5 Å². The number of halogens is 1. The van der Waals surface area contributed by atoms with Crippen LogP contribution >= 0.6 is 11.6 Å². The highest BCUT2D eigenvalue weighted by atomic mass is 35.5. The van der Waals surface area contributed by atoms with Crippen LogP contribution in [-0.4, -0.2) is 35.3 Å². The lowest BCUT2D eigenvalue weighted by Crippen LogP contribution is -2.38. The summed E-state index contributed by atoms with van der Waals surface area (Å²) >= 11 is 5.79. The molecule has 2 aromatic carbocycles. The number of hydrogen-bond donors (Lipinski definition) is 1. The van der Waals surface area contributed by atoms with Gasteiger partial charge in [-0.2, -0.15) is 0 Å². The predicted molar refractivity (Wildman–Crippen MR) is 86.8 cm³/mol. The van der Waals surface area contributed by atoms with Gasteiger partial charge in [0.2, 0.25) is 0 Å². The Morgan fingerprint density at radius 2 is 1.64 bits per heavy atom. The molecule has 3 amide bonds. The van der Waals surface area contributed by atoms with E-state index in [-0.39, 0.29) is 16.7 Å². The maximum atomic E-state index is 12.1. The van der Waals surface area contributed by atoms with Crippen molar-refractivity contribution < 1.29 is 24.0 Å². The fraction of sp³-hybridized carbons (Fsp3) is 0.0588. The van der Waals surface area contributed by atoms with Gasteiger partial charge in [0, 0.05) is 10.6 Å². The zero-order chi connectivity index (χ0) is 18.0. The summed E-state index contributed by atoms with van der Waals surface area (Å²) in [7, 11) is 0. The second kappa shape index (κ2) is 6.74. The van der Waals surface area contributed by atoms with Crippen molar-refractivity contribution in [1.82, 2.24) is 10.4 Å². The topological polar surface area (TPSA) is 92.8 Å². The average molecular weight is 359 g/mol. The van der Waals surface area contributed by atoms with Gasteiger partial charge in [-0.3, -0.25) is 14.4 Å². The molecule has 0 aliphatic carbocycles. The van der Waals surface area contributed by atoms with E-state index >= 15 is 0 Å². The van der Waals surface area contributed by atoms with Gasteiger partial charge in [0.15, 0.2) is 0 Å². The molecule has 25 heavy (non-hydrogen) atoms. The van der Waals surface area contributed by atoms with Crippen LogP contribution in [0.25, 0.3) is 0 Å². The van der Waals surface area contributed by atoms with Crippen LogP contribution in [0.5, 0.6) is 0 Å². The third-order valence-electron chi connectivity index (χ3n) is 3.43. The van der Waals surface area contributed by atoms with Gasteiger partial charge in [0.25, 0.3) is 17.7 Å². The molecule has 1 aliphatic rings. The number of amides is 3. The maximum absolute atomic E-state index is 12.1. The maximum Gasteiger partial charge on any atom is 0.352 e. The first kappa shape index (κ1) is 16.7. The quantitative estimate of drug-likeness (QED) is 0.842. The van der Waals surface area contributed by atoms with Gasteiger partial charge in [-0.15, -0.1) is 0 Å². The van der Waals surface area contributed by atoms with E-state index in [0.29, 0.717) is 10.1 Å². The van der Waals surface area contributed by atoms with Crippen molar-refractivity contribution in [2.45, 2.75) is 0 Å². The molecule has 0 spiro atoms. The van der Waals surface area contributed by atoms with E-state index in [1.165, 1.54) is 24.3 Å². The molecule has 0 aromatic heterocycles. The molecular formula is C17H11ClN2O5. The van der Waals surface area contributed by atoms with E-state index in [0.717, 1.165) is 0 Å². The summed E-state index contributed by atoms with van der Waals surface area (Å²) in [6, 6.07) is 12.3. The molecule has 7 nitrogen and oxygen atoms in total. The third-order valence-corrected chi connectivity index (χ3v) is 3.67. The highest BCUT2D eigenvalue weighted by Crippen LogP contribution is 2.22. The molecule has 1 N–H and O–H groups in total. The standard InChI is InChI=1S/C17H11ClN2O5/c18-11-5-3-4-10(8-11)15(22)19-9-14(21)25-20-16(23)12-6-1-2-7-13(12)17(20)24/h1-8H,9H2,(H,19,22). The van der Waals surface area contributed by atoms with Crippen LogP contribution in [0.3, 0.4) is 0 Å². The zero-order valence-electron chi connectivity index (χ0n) is 12.7.